The van der Waals surface area contributed by atoms with Crippen molar-refractivity contribution < 1.29 is 13.2 Å². The van der Waals surface area contributed by atoms with Gasteiger partial charge in [0.1, 0.15) is 11.6 Å². The van der Waals surface area contributed by atoms with E-state index in [1.807, 2.05) is 13.0 Å². The summed E-state index contributed by atoms with van der Waals surface area (Å²) in [5, 5.41) is 3.30. The first-order valence-corrected chi connectivity index (χ1v) is 9.03. The Bertz CT molecular complexity index is 754. The molecule has 0 aliphatic heterocycles. The van der Waals surface area contributed by atoms with Crippen LogP contribution in [0.3, 0.4) is 0 Å². The third-order valence-corrected chi connectivity index (χ3v) is 4.77. The van der Waals surface area contributed by atoms with Crippen LogP contribution in [-0.2, 0) is 10.0 Å². The Hall–Kier alpha value is -2.28. The van der Waals surface area contributed by atoms with Gasteiger partial charge >= 0.3 is 0 Å². The highest BCUT2D eigenvalue weighted by molar-refractivity contribution is 7.92. The van der Waals surface area contributed by atoms with Crippen molar-refractivity contribution in [3.05, 3.63) is 42.6 Å². The summed E-state index contributed by atoms with van der Waals surface area (Å²) in [5.41, 5.74) is 0.900. The fourth-order valence-electron chi connectivity index (χ4n) is 2.08. The minimum atomic E-state index is -3.66. The van der Waals surface area contributed by atoms with E-state index in [9.17, 15) is 8.42 Å². The number of anilines is 2. The largest absolute Gasteiger partial charge is 0.494 e. The van der Waals surface area contributed by atoms with E-state index in [0.717, 1.165) is 5.69 Å². The summed E-state index contributed by atoms with van der Waals surface area (Å²) in [6.45, 7) is 2.41. The van der Waals surface area contributed by atoms with Gasteiger partial charge in [-0.25, -0.2) is 13.4 Å². The summed E-state index contributed by atoms with van der Waals surface area (Å²) >= 11 is 0. The number of ether oxygens (including phenoxy) is 1. The average molecular weight is 333 g/mol. The molecule has 0 spiro atoms. The standard InChI is InChI=1S/C16H19N3O3S/c1-2-22-14-6-8-15(9-7-14)23(20,21)19-16-10-5-13(11-17-16)18-12-3-4-12/h5-12,18H,2-4H2,1H3,(H,17,19). The molecular weight excluding hydrogens is 314 g/mol. The minimum Gasteiger partial charge on any atom is -0.494 e. The van der Waals surface area contributed by atoms with Crippen LogP contribution >= 0.6 is 0 Å². The molecule has 1 aliphatic rings. The second-order valence-corrected chi connectivity index (χ2v) is 7.04. The van der Waals surface area contributed by atoms with Crippen LogP contribution in [-0.4, -0.2) is 26.1 Å². The number of hydrogen-bond donors (Lipinski definition) is 2. The van der Waals surface area contributed by atoms with Gasteiger partial charge in [-0.1, -0.05) is 0 Å². The number of nitrogens with one attached hydrogen (secondary N) is 2. The maximum atomic E-state index is 12.3. The molecule has 1 fully saturated rings. The molecule has 6 nitrogen and oxygen atoms in total. The minimum absolute atomic E-state index is 0.169. The van der Waals surface area contributed by atoms with Crippen molar-refractivity contribution in [2.24, 2.45) is 0 Å². The van der Waals surface area contributed by atoms with E-state index >= 15 is 0 Å². The van der Waals surface area contributed by atoms with Gasteiger partial charge in [0.05, 0.1) is 23.4 Å². The second kappa shape index (κ2) is 6.45. The lowest BCUT2D eigenvalue weighted by Gasteiger charge is -2.09. The molecule has 0 amide bonds. The van der Waals surface area contributed by atoms with E-state index in [-0.39, 0.29) is 4.90 Å². The number of rotatable bonds is 7. The van der Waals surface area contributed by atoms with Crippen molar-refractivity contribution in [2.45, 2.75) is 30.7 Å². The quantitative estimate of drug-likeness (QED) is 0.814. The maximum Gasteiger partial charge on any atom is 0.263 e. The summed E-state index contributed by atoms with van der Waals surface area (Å²) in [4.78, 5) is 4.31. The molecule has 1 saturated carbocycles. The molecule has 2 aromatic rings. The van der Waals surface area contributed by atoms with E-state index in [4.69, 9.17) is 4.74 Å². The van der Waals surface area contributed by atoms with Crippen molar-refractivity contribution in [1.29, 1.82) is 0 Å². The van der Waals surface area contributed by atoms with Crippen LogP contribution in [0, 0.1) is 0 Å². The van der Waals surface area contributed by atoms with Crippen LogP contribution < -0.4 is 14.8 Å². The van der Waals surface area contributed by atoms with Gasteiger partial charge in [-0.3, -0.25) is 4.72 Å². The molecule has 1 aliphatic carbocycles. The number of sulfonamides is 1. The first-order chi connectivity index (χ1) is 11.1. The summed E-state index contributed by atoms with van der Waals surface area (Å²) in [7, 11) is -3.66. The lowest BCUT2D eigenvalue weighted by Crippen LogP contribution is -2.14. The van der Waals surface area contributed by atoms with E-state index in [1.165, 1.54) is 25.0 Å². The fourth-order valence-corrected chi connectivity index (χ4v) is 3.09. The number of benzene rings is 1. The number of aromatic nitrogens is 1. The Morgan fingerprint density at radius 2 is 1.91 bits per heavy atom. The van der Waals surface area contributed by atoms with Crippen molar-refractivity contribution >= 4 is 21.5 Å². The summed E-state index contributed by atoms with van der Waals surface area (Å²) < 4.78 is 32.5. The van der Waals surface area contributed by atoms with Crippen LogP contribution in [0.2, 0.25) is 0 Å². The van der Waals surface area contributed by atoms with Crippen LogP contribution in [0.25, 0.3) is 0 Å². The maximum absolute atomic E-state index is 12.3. The molecule has 23 heavy (non-hydrogen) atoms. The van der Waals surface area contributed by atoms with E-state index < -0.39 is 10.0 Å². The predicted octanol–water partition coefficient (Wildman–Crippen LogP) is 2.86. The van der Waals surface area contributed by atoms with Crippen molar-refractivity contribution in [3.63, 3.8) is 0 Å². The number of nitrogens with zero attached hydrogens (tertiary/aromatic N) is 1. The van der Waals surface area contributed by atoms with Crippen LogP contribution in [0.15, 0.2) is 47.5 Å². The third kappa shape index (κ3) is 4.13. The van der Waals surface area contributed by atoms with Gasteiger partial charge in [0.15, 0.2) is 0 Å². The van der Waals surface area contributed by atoms with Gasteiger partial charge < -0.3 is 10.1 Å². The molecule has 1 heterocycles. The smallest absolute Gasteiger partial charge is 0.263 e. The van der Waals surface area contributed by atoms with Gasteiger partial charge in [-0.2, -0.15) is 0 Å². The molecule has 0 atom stereocenters. The molecular formula is C16H19N3O3S. The first kappa shape index (κ1) is 15.6. The molecule has 0 unspecified atom stereocenters. The second-order valence-electron chi connectivity index (χ2n) is 5.36. The Labute approximate surface area is 136 Å². The summed E-state index contributed by atoms with van der Waals surface area (Å²) in [6.07, 6.45) is 3.98. The SMILES string of the molecule is CCOc1ccc(S(=O)(=O)Nc2ccc(NC3CC3)cn2)cc1. The Balaban J connectivity index is 1.69. The van der Waals surface area contributed by atoms with E-state index in [0.29, 0.717) is 24.2 Å². The molecule has 2 N–H and O–H groups in total. The zero-order valence-electron chi connectivity index (χ0n) is 12.8. The number of hydrogen-bond acceptors (Lipinski definition) is 5. The Morgan fingerprint density at radius 3 is 2.48 bits per heavy atom. The molecule has 3 rings (SSSR count). The predicted molar refractivity (Wildman–Crippen MR) is 89.3 cm³/mol. The lowest BCUT2D eigenvalue weighted by atomic mass is 10.3. The van der Waals surface area contributed by atoms with Crippen LogP contribution in [0.1, 0.15) is 19.8 Å². The zero-order chi connectivity index (χ0) is 16.3. The molecule has 7 heteroatoms. The monoisotopic (exact) mass is 333 g/mol. The van der Waals surface area contributed by atoms with E-state index in [2.05, 4.69) is 15.0 Å². The normalized spacial score (nSPS) is 14.3. The lowest BCUT2D eigenvalue weighted by molar-refractivity contribution is 0.340. The highest BCUT2D eigenvalue weighted by Gasteiger charge is 2.21. The van der Waals surface area contributed by atoms with E-state index in [1.54, 1.807) is 24.4 Å². The van der Waals surface area contributed by atoms with Crippen LogP contribution in [0.5, 0.6) is 5.75 Å². The molecule has 0 bridgehead atoms. The number of pyridine rings is 1. The van der Waals surface area contributed by atoms with Crippen LogP contribution in [0.4, 0.5) is 11.5 Å². The molecule has 1 aromatic heterocycles. The van der Waals surface area contributed by atoms with Crippen molar-refractivity contribution in [2.75, 3.05) is 16.6 Å². The molecule has 0 saturated heterocycles. The Kier molecular flexibility index (Phi) is 4.38. The molecule has 0 radical (unpaired) electrons. The van der Waals surface area contributed by atoms with Crippen molar-refractivity contribution in [1.82, 2.24) is 4.98 Å². The summed E-state index contributed by atoms with van der Waals surface area (Å²) in [6, 6.07) is 10.3. The zero-order valence-corrected chi connectivity index (χ0v) is 13.6. The van der Waals surface area contributed by atoms with Crippen molar-refractivity contribution in [3.8, 4) is 5.75 Å². The topological polar surface area (TPSA) is 80.3 Å². The van der Waals surface area contributed by atoms with Gasteiger partial charge in [0.2, 0.25) is 0 Å². The molecule has 1 aromatic carbocycles. The first-order valence-electron chi connectivity index (χ1n) is 7.55. The molecule has 122 valence electrons. The summed E-state index contributed by atoms with van der Waals surface area (Å²) in [5.74, 6) is 0.931. The average Bonchev–Trinajstić information content (AvgIpc) is 3.34. The fraction of sp³-hybridized carbons (Fsp3) is 0.312. The van der Waals surface area contributed by atoms with Gasteiger partial charge in [0.25, 0.3) is 10.0 Å². The van der Waals surface area contributed by atoms with Gasteiger partial charge in [-0.15, -0.1) is 0 Å². The highest BCUT2D eigenvalue weighted by atomic mass is 32.2. The van der Waals surface area contributed by atoms with Gasteiger partial charge in [0, 0.05) is 6.04 Å². The van der Waals surface area contributed by atoms with Gasteiger partial charge in [-0.05, 0) is 56.2 Å². The highest BCUT2D eigenvalue weighted by Crippen LogP contribution is 2.25. The third-order valence-electron chi connectivity index (χ3n) is 3.40. The Morgan fingerprint density at radius 1 is 1.17 bits per heavy atom.